The molecule has 2 aromatic rings. The molecule has 0 aliphatic rings. The molecule has 0 spiro atoms. The largest absolute Gasteiger partial charge is 0.516 e. The third-order valence-electron chi connectivity index (χ3n) is 3.20. The van der Waals surface area contributed by atoms with Crippen LogP contribution in [0.25, 0.3) is 0 Å². The van der Waals surface area contributed by atoms with E-state index in [-0.39, 0.29) is 14.9 Å². The standard InChI is InChI=1S/C14H14F3NO4S2/c1-22-11-4-2-10(3-5-11)8-18(24(20,21)14(15,16)17)12-6-7-23-13(12)9-19/h2-7,19H,8-9H2,1H3. The first-order valence-electron chi connectivity index (χ1n) is 6.60. The van der Waals surface area contributed by atoms with Crippen molar-refractivity contribution in [2.24, 2.45) is 0 Å². The average Bonchev–Trinajstić information content (AvgIpc) is 3.00. The molecule has 0 atom stereocenters. The van der Waals surface area contributed by atoms with E-state index in [4.69, 9.17) is 4.74 Å². The summed E-state index contributed by atoms with van der Waals surface area (Å²) in [6.45, 7) is -1.07. The monoisotopic (exact) mass is 381 g/mol. The van der Waals surface area contributed by atoms with Gasteiger partial charge in [0.2, 0.25) is 0 Å². The molecule has 132 valence electrons. The Morgan fingerprint density at radius 3 is 2.33 bits per heavy atom. The van der Waals surface area contributed by atoms with Crippen LogP contribution in [0, 0.1) is 0 Å². The van der Waals surface area contributed by atoms with Crippen LogP contribution in [0.1, 0.15) is 10.4 Å². The molecule has 0 aliphatic heterocycles. The van der Waals surface area contributed by atoms with Crippen LogP contribution < -0.4 is 9.04 Å². The molecule has 0 radical (unpaired) electrons. The quantitative estimate of drug-likeness (QED) is 0.835. The molecule has 0 aliphatic carbocycles. The first-order chi connectivity index (χ1) is 11.2. The number of anilines is 1. The van der Waals surface area contributed by atoms with Crippen molar-refractivity contribution < 1.29 is 31.4 Å². The van der Waals surface area contributed by atoms with Crippen molar-refractivity contribution in [2.45, 2.75) is 18.7 Å². The van der Waals surface area contributed by atoms with Crippen molar-refractivity contribution in [1.82, 2.24) is 0 Å². The van der Waals surface area contributed by atoms with Crippen LogP contribution in [-0.2, 0) is 23.2 Å². The Balaban J connectivity index is 2.47. The van der Waals surface area contributed by atoms with E-state index in [9.17, 15) is 26.7 Å². The van der Waals surface area contributed by atoms with Gasteiger partial charge in [-0.25, -0.2) is 0 Å². The van der Waals surface area contributed by atoms with Gasteiger partial charge < -0.3 is 9.84 Å². The molecule has 5 nitrogen and oxygen atoms in total. The molecule has 0 unspecified atom stereocenters. The first kappa shape index (κ1) is 18.6. The number of aliphatic hydroxyl groups is 1. The fourth-order valence-corrected chi connectivity index (χ4v) is 3.79. The fraction of sp³-hybridized carbons (Fsp3) is 0.286. The van der Waals surface area contributed by atoms with Crippen molar-refractivity contribution in [3.05, 3.63) is 46.2 Å². The predicted octanol–water partition coefficient (Wildman–Crippen LogP) is 3.11. The zero-order valence-electron chi connectivity index (χ0n) is 12.4. The molecular formula is C14H14F3NO4S2. The van der Waals surface area contributed by atoms with Gasteiger partial charge in [0.1, 0.15) is 5.75 Å². The van der Waals surface area contributed by atoms with Crippen LogP contribution >= 0.6 is 11.3 Å². The number of alkyl halides is 3. The molecule has 0 bridgehead atoms. The highest BCUT2D eigenvalue weighted by molar-refractivity contribution is 7.93. The summed E-state index contributed by atoms with van der Waals surface area (Å²) in [6, 6.07) is 7.23. The van der Waals surface area contributed by atoms with Gasteiger partial charge in [-0.3, -0.25) is 4.31 Å². The van der Waals surface area contributed by atoms with Crippen LogP contribution in [0.5, 0.6) is 5.75 Å². The van der Waals surface area contributed by atoms with Gasteiger partial charge >= 0.3 is 15.5 Å². The minimum Gasteiger partial charge on any atom is -0.497 e. The van der Waals surface area contributed by atoms with Crippen LogP contribution in [0.3, 0.4) is 0 Å². The highest BCUT2D eigenvalue weighted by atomic mass is 32.2. The Kier molecular flexibility index (Phi) is 5.41. The predicted molar refractivity (Wildman–Crippen MR) is 84.4 cm³/mol. The smallest absolute Gasteiger partial charge is 0.497 e. The molecule has 0 saturated heterocycles. The molecule has 24 heavy (non-hydrogen) atoms. The Morgan fingerprint density at radius 1 is 1.21 bits per heavy atom. The van der Waals surface area contributed by atoms with Gasteiger partial charge in [0.15, 0.2) is 0 Å². The van der Waals surface area contributed by atoms with E-state index in [1.54, 1.807) is 0 Å². The average molecular weight is 381 g/mol. The molecule has 10 heteroatoms. The van der Waals surface area contributed by atoms with Crippen LogP contribution in [-0.4, -0.2) is 26.1 Å². The maximum absolute atomic E-state index is 13.0. The third kappa shape index (κ3) is 3.65. The summed E-state index contributed by atoms with van der Waals surface area (Å²) in [5.41, 5.74) is -5.29. The number of benzene rings is 1. The Labute approximate surface area is 141 Å². The van der Waals surface area contributed by atoms with Crippen molar-refractivity contribution in [2.75, 3.05) is 11.4 Å². The van der Waals surface area contributed by atoms with Crippen molar-refractivity contribution in [3.63, 3.8) is 0 Å². The number of ether oxygens (including phenoxy) is 1. The SMILES string of the molecule is COc1ccc(CN(c2ccsc2CO)S(=O)(=O)C(F)(F)F)cc1. The lowest BCUT2D eigenvalue weighted by atomic mass is 10.2. The lowest BCUT2D eigenvalue weighted by molar-refractivity contribution is -0.0438. The highest BCUT2D eigenvalue weighted by Gasteiger charge is 2.50. The van der Waals surface area contributed by atoms with Gasteiger partial charge in [-0.1, -0.05) is 12.1 Å². The van der Waals surface area contributed by atoms with E-state index < -0.39 is 28.7 Å². The molecule has 0 saturated carbocycles. The highest BCUT2D eigenvalue weighted by Crippen LogP contribution is 2.36. The molecule has 1 heterocycles. The summed E-state index contributed by atoms with van der Waals surface area (Å²) in [5.74, 6) is 0.496. The normalized spacial score (nSPS) is 12.2. The number of nitrogens with zero attached hydrogens (tertiary/aromatic N) is 1. The summed E-state index contributed by atoms with van der Waals surface area (Å²) in [7, 11) is -4.17. The molecule has 0 fully saturated rings. The molecule has 2 rings (SSSR count). The summed E-state index contributed by atoms with van der Waals surface area (Å²) in [4.78, 5) is 0.135. The number of rotatable bonds is 6. The Morgan fingerprint density at radius 2 is 1.83 bits per heavy atom. The fourth-order valence-electron chi connectivity index (χ4n) is 2.00. The van der Waals surface area contributed by atoms with Gasteiger partial charge in [0.25, 0.3) is 0 Å². The second kappa shape index (κ2) is 6.99. The zero-order chi connectivity index (χ0) is 18.0. The summed E-state index contributed by atoms with van der Waals surface area (Å²) < 4.78 is 68.2. The second-order valence-electron chi connectivity index (χ2n) is 4.69. The van der Waals surface area contributed by atoms with E-state index in [0.29, 0.717) is 11.3 Å². The summed E-state index contributed by atoms with van der Waals surface area (Å²) in [6.07, 6.45) is 0. The number of hydrogen-bond donors (Lipinski definition) is 1. The van der Waals surface area contributed by atoms with Crippen molar-refractivity contribution >= 4 is 27.0 Å². The molecule has 1 aromatic heterocycles. The molecule has 0 amide bonds. The number of hydrogen-bond acceptors (Lipinski definition) is 5. The Hall–Kier alpha value is -1.78. The topological polar surface area (TPSA) is 66.8 Å². The molecule has 1 N–H and O–H groups in total. The summed E-state index contributed by atoms with van der Waals surface area (Å²) >= 11 is 0.978. The molecular weight excluding hydrogens is 367 g/mol. The Bertz CT molecular complexity index is 785. The lowest BCUT2D eigenvalue weighted by Gasteiger charge is -2.25. The van der Waals surface area contributed by atoms with Gasteiger partial charge in [0.05, 0.1) is 30.8 Å². The van der Waals surface area contributed by atoms with E-state index in [0.717, 1.165) is 11.3 Å². The van der Waals surface area contributed by atoms with Crippen LogP contribution in [0.4, 0.5) is 18.9 Å². The van der Waals surface area contributed by atoms with Gasteiger partial charge in [-0.2, -0.15) is 21.6 Å². The first-order valence-corrected chi connectivity index (χ1v) is 8.92. The van der Waals surface area contributed by atoms with Gasteiger partial charge in [0, 0.05) is 0 Å². The number of aliphatic hydroxyl groups excluding tert-OH is 1. The minimum absolute atomic E-state index is 0.135. The van der Waals surface area contributed by atoms with Gasteiger partial charge in [-0.05, 0) is 29.1 Å². The molecule has 1 aromatic carbocycles. The van der Waals surface area contributed by atoms with Crippen molar-refractivity contribution in [1.29, 1.82) is 0 Å². The second-order valence-corrected chi connectivity index (χ2v) is 7.55. The van der Waals surface area contributed by atoms with Gasteiger partial charge in [-0.15, -0.1) is 11.3 Å². The number of methoxy groups -OCH3 is 1. The van der Waals surface area contributed by atoms with E-state index in [1.807, 2.05) is 0 Å². The third-order valence-corrected chi connectivity index (χ3v) is 5.59. The van der Waals surface area contributed by atoms with Crippen LogP contribution in [0.15, 0.2) is 35.7 Å². The van der Waals surface area contributed by atoms with E-state index in [2.05, 4.69) is 0 Å². The van der Waals surface area contributed by atoms with E-state index >= 15 is 0 Å². The number of thiophene rings is 1. The van der Waals surface area contributed by atoms with Crippen LogP contribution in [0.2, 0.25) is 0 Å². The number of halogens is 3. The van der Waals surface area contributed by atoms with Crippen molar-refractivity contribution in [3.8, 4) is 5.75 Å². The zero-order valence-corrected chi connectivity index (χ0v) is 14.1. The minimum atomic E-state index is -5.61. The number of sulfonamides is 1. The lowest BCUT2D eigenvalue weighted by Crippen LogP contribution is -2.40. The summed E-state index contributed by atoms with van der Waals surface area (Å²) in [5, 5.41) is 10.7. The maximum atomic E-state index is 13.0. The maximum Gasteiger partial charge on any atom is 0.516 e. The van der Waals surface area contributed by atoms with E-state index in [1.165, 1.54) is 42.8 Å².